The van der Waals surface area contributed by atoms with Gasteiger partial charge in [-0.05, 0) is 27.7 Å². The van der Waals surface area contributed by atoms with Gasteiger partial charge in [0.2, 0.25) is 17.5 Å². The Labute approximate surface area is 152 Å². The molecular formula is C16H26N6O4. The lowest BCUT2D eigenvalue weighted by Crippen LogP contribution is -2.29. The van der Waals surface area contributed by atoms with Crippen molar-refractivity contribution in [2.75, 3.05) is 18.5 Å². The van der Waals surface area contributed by atoms with E-state index in [9.17, 15) is 4.79 Å². The van der Waals surface area contributed by atoms with Crippen molar-refractivity contribution in [1.29, 1.82) is 0 Å². The van der Waals surface area contributed by atoms with Crippen LogP contribution in [0.3, 0.4) is 0 Å². The minimum absolute atomic E-state index is 0.105. The third kappa shape index (κ3) is 6.28. The number of carbonyl (C=O) groups excluding carboxylic acids is 1. The Morgan fingerprint density at radius 2 is 1.81 bits per heavy atom. The summed E-state index contributed by atoms with van der Waals surface area (Å²) >= 11 is 0. The van der Waals surface area contributed by atoms with Crippen LogP contribution in [0, 0.1) is 0 Å². The first-order chi connectivity index (χ1) is 12.3. The van der Waals surface area contributed by atoms with Gasteiger partial charge in [-0.15, -0.1) is 5.10 Å². The maximum absolute atomic E-state index is 11.1. The van der Waals surface area contributed by atoms with Crippen LogP contribution < -0.4 is 5.32 Å². The number of nitrogens with one attached hydrogen (secondary N) is 1. The molecule has 2 aromatic rings. The van der Waals surface area contributed by atoms with Gasteiger partial charge in [-0.1, -0.05) is 5.21 Å². The Morgan fingerprint density at radius 1 is 1.15 bits per heavy atom. The third-order valence-corrected chi connectivity index (χ3v) is 3.23. The van der Waals surface area contributed by atoms with E-state index in [1.54, 1.807) is 10.9 Å². The second-order valence-corrected chi connectivity index (χ2v) is 6.35. The summed E-state index contributed by atoms with van der Waals surface area (Å²) in [4.78, 5) is 19.3. The Kier molecular flexibility index (Phi) is 7.37. The summed E-state index contributed by atoms with van der Waals surface area (Å²) in [5.74, 6) is -0.0651. The normalized spacial score (nSPS) is 11.8. The molecule has 0 aliphatic rings. The molecule has 0 saturated heterocycles. The molecule has 0 radical (unpaired) electrons. The molecule has 0 aromatic carbocycles. The predicted molar refractivity (Wildman–Crippen MR) is 94.5 cm³/mol. The second kappa shape index (κ2) is 9.51. The van der Waals surface area contributed by atoms with Crippen molar-refractivity contribution in [3.8, 4) is 0 Å². The Hall–Kier alpha value is -2.17. The first-order valence-corrected chi connectivity index (χ1v) is 8.53. The van der Waals surface area contributed by atoms with Crippen molar-refractivity contribution in [3.63, 3.8) is 0 Å². The van der Waals surface area contributed by atoms with E-state index in [4.69, 9.17) is 14.2 Å². The number of aromatic nitrogens is 5. The fourth-order valence-corrected chi connectivity index (χ4v) is 2.00. The van der Waals surface area contributed by atoms with Crippen LogP contribution in [-0.4, -0.2) is 62.4 Å². The van der Waals surface area contributed by atoms with Crippen LogP contribution in [0.5, 0.6) is 0 Å². The number of carbonyl (C=O) groups is 1. The number of hydrogen-bond acceptors (Lipinski definition) is 8. The summed E-state index contributed by atoms with van der Waals surface area (Å²) in [6.07, 6.45) is 1.51. The topological polar surface area (TPSA) is 113 Å². The number of fused-ring (bicyclic) bond motifs is 1. The number of anilines is 1. The van der Waals surface area contributed by atoms with Gasteiger partial charge in [-0.25, -0.2) is 9.67 Å². The molecule has 0 fully saturated rings. The van der Waals surface area contributed by atoms with Gasteiger partial charge in [0.15, 0.2) is 0 Å². The molecule has 0 aliphatic heterocycles. The molecule has 2 aromatic heterocycles. The van der Waals surface area contributed by atoms with Gasteiger partial charge in [0.25, 0.3) is 0 Å². The zero-order valence-corrected chi connectivity index (χ0v) is 15.8. The molecule has 0 atom stereocenters. The average molecular weight is 366 g/mol. The molecule has 0 saturated carbocycles. The maximum atomic E-state index is 11.1. The third-order valence-electron chi connectivity index (χ3n) is 3.23. The minimum atomic E-state index is -0.252. The summed E-state index contributed by atoms with van der Waals surface area (Å²) < 4.78 is 18.7. The van der Waals surface area contributed by atoms with E-state index in [0.717, 1.165) is 0 Å². The average Bonchev–Trinajstić information content (AvgIpc) is 2.95. The number of hydrogen-bond donors (Lipinski definition) is 1. The van der Waals surface area contributed by atoms with Crippen molar-refractivity contribution in [1.82, 2.24) is 25.0 Å². The van der Waals surface area contributed by atoms with Crippen LogP contribution in [0.25, 0.3) is 11.2 Å². The smallest absolute Gasteiger partial charge is 0.231 e. The van der Waals surface area contributed by atoms with Crippen LogP contribution in [0.2, 0.25) is 0 Å². The van der Waals surface area contributed by atoms with Gasteiger partial charge < -0.3 is 14.2 Å². The van der Waals surface area contributed by atoms with Crippen molar-refractivity contribution in [2.45, 2.75) is 59.7 Å². The lowest BCUT2D eigenvalue weighted by molar-refractivity contribution is -0.114. The zero-order chi connectivity index (χ0) is 19.1. The van der Waals surface area contributed by atoms with E-state index in [2.05, 4.69) is 25.6 Å². The first-order valence-electron chi connectivity index (χ1n) is 8.53. The fraction of sp³-hybridized carbons (Fsp3) is 0.688. The molecular weight excluding hydrogens is 340 g/mol. The molecule has 0 aliphatic carbocycles. The molecule has 26 heavy (non-hydrogen) atoms. The molecule has 2 rings (SSSR count). The molecule has 10 heteroatoms. The Morgan fingerprint density at radius 3 is 2.38 bits per heavy atom. The summed E-state index contributed by atoms with van der Waals surface area (Å²) in [5.41, 5.74) is 0.980. The lowest BCUT2D eigenvalue weighted by atomic mass is 10.3. The van der Waals surface area contributed by atoms with Crippen molar-refractivity contribution < 1.29 is 19.0 Å². The van der Waals surface area contributed by atoms with Crippen molar-refractivity contribution >= 4 is 23.0 Å². The summed E-state index contributed by atoms with van der Waals surface area (Å²) in [6.45, 7) is 10.2. The number of rotatable bonds is 10. The SMILES string of the molecule is CC(=O)Nc1ncc2c(nnn2COC(COC(C)C)COC(C)C)n1. The van der Waals surface area contributed by atoms with Gasteiger partial charge in [-0.2, -0.15) is 4.98 Å². The second-order valence-electron chi connectivity index (χ2n) is 6.35. The molecule has 1 N–H and O–H groups in total. The van der Waals surface area contributed by atoms with Gasteiger partial charge in [-0.3, -0.25) is 10.1 Å². The Bertz CT molecular complexity index is 706. The summed E-state index contributed by atoms with van der Waals surface area (Å²) in [7, 11) is 0. The highest BCUT2D eigenvalue weighted by Gasteiger charge is 2.15. The maximum Gasteiger partial charge on any atom is 0.231 e. The van der Waals surface area contributed by atoms with Gasteiger partial charge in [0, 0.05) is 6.92 Å². The molecule has 0 bridgehead atoms. The number of ether oxygens (including phenoxy) is 3. The molecule has 0 spiro atoms. The lowest BCUT2D eigenvalue weighted by Gasteiger charge is -2.20. The van der Waals surface area contributed by atoms with Crippen LogP contribution in [0.4, 0.5) is 5.95 Å². The van der Waals surface area contributed by atoms with Gasteiger partial charge in [0.1, 0.15) is 18.4 Å². The van der Waals surface area contributed by atoms with Crippen molar-refractivity contribution in [3.05, 3.63) is 6.20 Å². The van der Waals surface area contributed by atoms with E-state index >= 15 is 0 Å². The van der Waals surface area contributed by atoms with Crippen LogP contribution >= 0.6 is 0 Å². The molecule has 0 unspecified atom stereocenters. The largest absolute Gasteiger partial charge is 0.376 e. The minimum Gasteiger partial charge on any atom is -0.376 e. The van der Waals surface area contributed by atoms with Crippen LogP contribution in [0.15, 0.2) is 6.20 Å². The molecule has 10 nitrogen and oxygen atoms in total. The first kappa shape index (κ1) is 20.1. The highest BCUT2D eigenvalue weighted by Crippen LogP contribution is 2.11. The molecule has 1 amide bonds. The van der Waals surface area contributed by atoms with E-state index in [1.165, 1.54) is 6.92 Å². The monoisotopic (exact) mass is 366 g/mol. The van der Waals surface area contributed by atoms with E-state index in [1.807, 2.05) is 27.7 Å². The quantitative estimate of drug-likeness (QED) is 0.671. The predicted octanol–water partition coefficient (Wildman–Crippen LogP) is 1.37. The highest BCUT2D eigenvalue weighted by molar-refractivity contribution is 5.87. The Balaban J connectivity index is 2.01. The standard InChI is InChI=1S/C16H26N6O4/c1-10(2)24-7-13(8-25-11(3)4)26-9-22-14-6-17-16(18-12(5)23)19-15(14)20-21-22/h6,10-11,13H,7-9H2,1-5H3,(H,17,18,19,23). The number of nitrogens with zero attached hydrogens (tertiary/aromatic N) is 5. The van der Waals surface area contributed by atoms with Crippen LogP contribution in [-0.2, 0) is 25.7 Å². The highest BCUT2D eigenvalue weighted by atomic mass is 16.6. The van der Waals surface area contributed by atoms with E-state index in [0.29, 0.717) is 24.4 Å². The summed E-state index contributed by atoms with van der Waals surface area (Å²) in [5, 5.41) is 10.5. The van der Waals surface area contributed by atoms with E-state index < -0.39 is 0 Å². The molecule has 2 heterocycles. The summed E-state index contributed by atoms with van der Waals surface area (Å²) in [6, 6.07) is 0. The molecule has 144 valence electrons. The number of amides is 1. The van der Waals surface area contributed by atoms with Crippen LogP contribution in [0.1, 0.15) is 34.6 Å². The van der Waals surface area contributed by atoms with Gasteiger partial charge >= 0.3 is 0 Å². The zero-order valence-electron chi connectivity index (χ0n) is 15.8. The fourth-order valence-electron chi connectivity index (χ4n) is 2.00. The van der Waals surface area contributed by atoms with Gasteiger partial charge in [0.05, 0.1) is 31.6 Å². The van der Waals surface area contributed by atoms with E-state index in [-0.39, 0.29) is 36.9 Å². The van der Waals surface area contributed by atoms with Crippen molar-refractivity contribution in [2.24, 2.45) is 0 Å².